The highest BCUT2D eigenvalue weighted by Crippen LogP contribution is 2.21. The molecular formula is C21H42IN5O3. The topological polar surface area (TPSA) is 78.4 Å². The highest BCUT2D eigenvalue weighted by molar-refractivity contribution is 14.0. The molecule has 2 heterocycles. The Morgan fingerprint density at radius 3 is 2.27 bits per heavy atom. The standard InChI is InChI=1S/C21H41N5O3.HI/c1-15-11-26(12-16(2)28-15)21(6,7)14-23-18(22-8)25-10-9-17(13-25)24-19(27)29-20(3,4)5;/h15-17H,9-14H2,1-8H3,(H,22,23)(H,24,27);1H. The van der Waals surface area contributed by atoms with E-state index in [9.17, 15) is 4.79 Å². The van der Waals surface area contributed by atoms with Crippen molar-refractivity contribution in [1.29, 1.82) is 0 Å². The summed E-state index contributed by atoms with van der Waals surface area (Å²) in [5.74, 6) is 0.876. The smallest absolute Gasteiger partial charge is 0.407 e. The first-order valence-electron chi connectivity index (χ1n) is 10.8. The van der Waals surface area contributed by atoms with Crippen LogP contribution in [0.2, 0.25) is 0 Å². The molecule has 8 nitrogen and oxygen atoms in total. The number of alkyl carbamates (subject to hydrolysis) is 1. The van der Waals surface area contributed by atoms with E-state index in [1.807, 2.05) is 27.8 Å². The number of amides is 1. The fourth-order valence-corrected chi connectivity index (χ4v) is 3.96. The van der Waals surface area contributed by atoms with Crippen LogP contribution in [0, 0.1) is 0 Å². The summed E-state index contributed by atoms with van der Waals surface area (Å²) in [4.78, 5) is 21.2. The molecule has 0 saturated carbocycles. The predicted octanol–water partition coefficient (Wildman–Crippen LogP) is 2.67. The van der Waals surface area contributed by atoms with Gasteiger partial charge in [-0.25, -0.2) is 4.79 Å². The molecule has 2 aliphatic rings. The summed E-state index contributed by atoms with van der Waals surface area (Å²) < 4.78 is 11.2. The molecule has 0 aromatic heterocycles. The van der Waals surface area contributed by atoms with Crippen LogP contribution in [0.5, 0.6) is 0 Å². The first kappa shape index (κ1) is 27.2. The summed E-state index contributed by atoms with van der Waals surface area (Å²) in [7, 11) is 1.81. The van der Waals surface area contributed by atoms with Crippen molar-refractivity contribution in [1.82, 2.24) is 20.4 Å². The number of halogens is 1. The van der Waals surface area contributed by atoms with Crippen LogP contribution in [-0.4, -0.2) is 91.0 Å². The van der Waals surface area contributed by atoms with Crippen LogP contribution in [0.15, 0.2) is 4.99 Å². The minimum Gasteiger partial charge on any atom is -0.444 e. The summed E-state index contributed by atoms with van der Waals surface area (Å²) in [6, 6.07) is 0.0670. The largest absolute Gasteiger partial charge is 0.444 e. The average molecular weight is 540 g/mol. The van der Waals surface area contributed by atoms with Gasteiger partial charge < -0.3 is 25.0 Å². The van der Waals surface area contributed by atoms with Gasteiger partial charge in [-0.1, -0.05) is 0 Å². The van der Waals surface area contributed by atoms with Gasteiger partial charge in [-0.3, -0.25) is 9.89 Å². The quantitative estimate of drug-likeness (QED) is 0.325. The van der Waals surface area contributed by atoms with Crippen molar-refractivity contribution in [2.75, 3.05) is 39.8 Å². The van der Waals surface area contributed by atoms with Crippen molar-refractivity contribution < 1.29 is 14.3 Å². The Bertz CT molecular complexity index is 584. The zero-order chi connectivity index (χ0) is 21.8. The molecule has 2 saturated heterocycles. The molecule has 3 unspecified atom stereocenters. The number of carbonyl (C=O) groups excluding carboxylic acids is 1. The molecule has 1 amide bonds. The lowest BCUT2D eigenvalue weighted by Gasteiger charge is -2.45. The lowest BCUT2D eigenvalue weighted by atomic mass is 10.00. The first-order chi connectivity index (χ1) is 13.4. The van der Waals surface area contributed by atoms with Gasteiger partial charge in [0.25, 0.3) is 0 Å². The fourth-order valence-electron chi connectivity index (χ4n) is 3.96. The third-order valence-corrected chi connectivity index (χ3v) is 5.38. The van der Waals surface area contributed by atoms with Crippen LogP contribution < -0.4 is 10.6 Å². The molecular weight excluding hydrogens is 497 g/mol. The van der Waals surface area contributed by atoms with Crippen LogP contribution in [0.25, 0.3) is 0 Å². The van der Waals surface area contributed by atoms with E-state index in [0.29, 0.717) is 0 Å². The van der Waals surface area contributed by atoms with Gasteiger partial charge in [-0.2, -0.15) is 0 Å². The van der Waals surface area contributed by atoms with Crippen LogP contribution in [0.3, 0.4) is 0 Å². The molecule has 2 N–H and O–H groups in total. The SMILES string of the molecule is CN=C(NCC(C)(C)N1CC(C)OC(C)C1)N1CCC(NC(=O)OC(C)(C)C)C1.I. The Morgan fingerprint density at radius 1 is 1.13 bits per heavy atom. The van der Waals surface area contributed by atoms with Gasteiger partial charge in [0.15, 0.2) is 5.96 Å². The molecule has 9 heteroatoms. The zero-order valence-corrected chi connectivity index (χ0v) is 22.3. The van der Waals surface area contributed by atoms with E-state index >= 15 is 0 Å². The first-order valence-corrected chi connectivity index (χ1v) is 10.8. The number of morpholine rings is 1. The van der Waals surface area contributed by atoms with Crippen LogP contribution in [0.1, 0.15) is 54.9 Å². The number of likely N-dealkylation sites (tertiary alicyclic amines) is 1. The number of carbonyl (C=O) groups is 1. The second kappa shape index (κ2) is 11.2. The van der Waals surface area contributed by atoms with Gasteiger partial charge in [0.2, 0.25) is 0 Å². The van der Waals surface area contributed by atoms with Crippen LogP contribution >= 0.6 is 24.0 Å². The number of hydrogen-bond acceptors (Lipinski definition) is 5. The third kappa shape index (κ3) is 8.37. The molecule has 0 aromatic rings. The summed E-state index contributed by atoms with van der Waals surface area (Å²) in [5, 5.41) is 6.51. The van der Waals surface area contributed by atoms with Gasteiger partial charge in [0, 0.05) is 45.3 Å². The van der Waals surface area contributed by atoms with E-state index in [4.69, 9.17) is 9.47 Å². The van der Waals surface area contributed by atoms with E-state index in [2.05, 4.69) is 53.1 Å². The second-order valence-electron chi connectivity index (χ2n) is 9.95. The van der Waals surface area contributed by atoms with Gasteiger partial charge >= 0.3 is 6.09 Å². The minimum atomic E-state index is -0.486. The Morgan fingerprint density at radius 2 is 1.73 bits per heavy atom. The number of nitrogens with zero attached hydrogens (tertiary/aromatic N) is 3. The summed E-state index contributed by atoms with van der Waals surface area (Å²) >= 11 is 0. The molecule has 3 atom stereocenters. The Balaban J connectivity index is 0.00000450. The van der Waals surface area contributed by atoms with Crippen molar-refractivity contribution in [3.63, 3.8) is 0 Å². The molecule has 0 aliphatic carbocycles. The van der Waals surface area contributed by atoms with E-state index in [1.165, 1.54) is 0 Å². The summed E-state index contributed by atoms with van der Waals surface area (Å²) in [6.45, 7) is 18.6. The lowest BCUT2D eigenvalue weighted by molar-refractivity contribution is -0.0947. The maximum absolute atomic E-state index is 12.0. The van der Waals surface area contributed by atoms with E-state index in [1.54, 1.807) is 0 Å². The van der Waals surface area contributed by atoms with Crippen molar-refractivity contribution >= 4 is 36.0 Å². The van der Waals surface area contributed by atoms with Crippen molar-refractivity contribution in [2.45, 2.75) is 84.3 Å². The average Bonchev–Trinajstić information content (AvgIpc) is 3.00. The number of nitrogens with one attached hydrogen (secondary N) is 2. The zero-order valence-electron chi connectivity index (χ0n) is 19.9. The normalized spacial score (nSPS) is 26.2. The molecule has 0 bridgehead atoms. The number of ether oxygens (including phenoxy) is 2. The van der Waals surface area contributed by atoms with E-state index in [-0.39, 0.29) is 53.9 Å². The molecule has 0 spiro atoms. The predicted molar refractivity (Wildman–Crippen MR) is 132 cm³/mol. The maximum Gasteiger partial charge on any atom is 0.407 e. The monoisotopic (exact) mass is 539 g/mol. The molecule has 0 radical (unpaired) electrons. The highest BCUT2D eigenvalue weighted by Gasteiger charge is 2.34. The third-order valence-electron chi connectivity index (χ3n) is 5.38. The highest BCUT2D eigenvalue weighted by atomic mass is 127. The van der Waals surface area contributed by atoms with Crippen LogP contribution in [0.4, 0.5) is 4.79 Å². The Hall–Kier alpha value is -0.810. The number of guanidine groups is 1. The Kier molecular flexibility index (Phi) is 10.1. The fraction of sp³-hybridized carbons (Fsp3) is 0.905. The minimum absolute atomic E-state index is 0. The number of rotatable bonds is 4. The van der Waals surface area contributed by atoms with Crippen LogP contribution in [-0.2, 0) is 9.47 Å². The van der Waals surface area contributed by atoms with Gasteiger partial charge in [0.1, 0.15) is 5.60 Å². The van der Waals surface area contributed by atoms with Crippen molar-refractivity contribution in [2.24, 2.45) is 4.99 Å². The maximum atomic E-state index is 12.0. The van der Waals surface area contributed by atoms with Crippen molar-refractivity contribution in [3.05, 3.63) is 0 Å². The molecule has 0 aromatic carbocycles. The molecule has 2 aliphatic heterocycles. The number of hydrogen-bond donors (Lipinski definition) is 2. The van der Waals surface area contributed by atoms with E-state index in [0.717, 1.165) is 45.1 Å². The molecule has 30 heavy (non-hydrogen) atoms. The summed E-state index contributed by atoms with van der Waals surface area (Å²) in [5.41, 5.74) is -0.504. The van der Waals surface area contributed by atoms with Gasteiger partial charge in [-0.15, -0.1) is 24.0 Å². The van der Waals surface area contributed by atoms with Gasteiger partial charge in [-0.05, 0) is 54.9 Å². The van der Waals surface area contributed by atoms with E-state index < -0.39 is 5.60 Å². The van der Waals surface area contributed by atoms with Crippen molar-refractivity contribution in [3.8, 4) is 0 Å². The lowest BCUT2D eigenvalue weighted by Crippen LogP contribution is -2.59. The second-order valence-corrected chi connectivity index (χ2v) is 9.95. The molecule has 176 valence electrons. The molecule has 2 fully saturated rings. The summed E-state index contributed by atoms with van der Waals surface area (Å²) in [6.07, 6.45) is 1.01. The number of aliphatic imine (C=N–C) groups is 1. The molecule has 2 rings (SSSR count). The Labute approximate surface area is 199 Å². The van der Waals surface area contributed by atoms with Gasteiger partial charge in [0.05, 0.1) is 18.2 Å².